The number of hydrogen-bond acceptors (Lipinski definition) is 2. The van der Waals surface area contributed by atoms with Gasteiger partial charge in [-0.3, -0.25) is 0 Å². The van der Waals surface area contributed by atoms with Crippen molar-refractivity contribution in [2.45, 2.75) is 32.2 Å². The number of hydrogen-bond donors (Lipinski definition) is 1. The Bertz CT molecular complexity index is 382. The SMILES string of the molecule is CC(NCCc1ccsc1)C1CC2C=CC1C2. The van der Waals surface area contributed by atoms with Gasteiger partial charge < -0.3 is 5.32 Å². The standard InChI is InChI=1S/C15H21NS/c1-11(15-9-13-2-3-14(15)8-13)16-6-4-12-5-7-17-10-12/h2-3,5,7,10-11,13-16H,4,6,8-9H2,1H3. The van der Waals surface area contributed by atoms with Gasteiger partial charge in [0, 0.05) is 6.04 Å². The summed E-state index contributed by atoms with van der Waals surface area (Å²) >= 11 is 1.80. The molecule has 3 rings (SSSR count). The highest BCUT2D eigenvalue weighted by Gasteiger charge is 2.38. The molecule has 0 amide bonds. The van der Waals surface area contributed by atoms with Gasteiger partial charge in [-0.05, 0) is 72.9 Å². The molecule has 17 heavy (non-hydrogen) atoms. The molecule has 4 atom stereocenters. The Labute approximate surface area is 108 Å². The Hall–Kier alpha value is -0.600. The van der Waals surface area contributed by atoms with Gasteiger partial charge in [-0.15, -0.1) is 0 Å². The molecule has 2 heteroatoms. The van der Waals surface area contributed by atoms with Crippen LogP contribution in [0.5, 0.6) is 0 Å². The van der Waals surface area contributed by atoms with E-state index in [9.17, 15) is 0 Å². The van der Waals surface area contributed by atoms with Crippen molar-refractivity contribution in [3.05, 3.63) is 34.5 Å². The van der Waals surface area contributed by atoms with E-state index in [0.29, 0.717) is 6.04 Å². The minimum Gasteiger partial charge on any atom is -0.314 e. The zero-order valence-electron chi connectivity index (χ0n) is 10.4. The Kier molecular flexibility index (Phi) is 3.34. The highest BCUT2D eigenvalue weighted by atomic mass is 32.1. The van der Waals surface area contributed by atoms with Crippen LogP contribution in [-0.2, 0) is 6.42 Å². The molecule has 2 aliphatic carbocycles. The third-order valence-electron chi connectivity index (χ3n) is 4.43. The van der Waals surface area contributed by atoms with Crippen molar-refractivity contribution < 1.29 is 0 Å². The topological polar surface area (TPSA) is 12.0 Å². The number of allylic oxidation sites excluding steroid dienone is 2. The van der Waals surface area contributed by atoms with Crippen LogP contribution in [0, 0.1) is 17.8 Å². The number of nitrogens with one attached hydrogen (secondary N) is 1. The van der Waals surface area contributed by atoms with Crippen LogP contribution < -0.4 is 5.32 Å². The van der Waals surface area contributed by atoms with E-state index < -0.39 is 0 Å². The van der Waals surface area contributed by atoms with Gasteiger partial charge in [0.2, 0.25) is 0 Å². The molecule has 2 aliphatic rings. The quantitative estimate of drug-likeness (QED) is 0.786. The number of thiophene rings is 1. The lowest BCUT2D eigenvalue weighted by Crippen LogP contribution is -2.36. The number of rotatable bonds is 5. The van der Waals surface area contributed by atoms with Gasteiger partial charge in [-0.25, -0.2) is 0 Å². The molecule has 0 spiro atoms. The summed E-state index contributed by atoms with van der Waals surface area (Å²) in [7, 11) is 0. The predicted octanol–water partition coefficient (Wildman–Crippen LogP) is 3.48. The van der Waals surface area contributed by atoms with Crippen LogP contribution in [0.2, 0.25) is 0 Å². The second kappa shape index (κ2) is 4.95. The summed E-state index contributed by atoms with van der Waals surface area (Å²) < 4.78 is 0. The minimum atomic E-state index is 0.675. The van der Waals surface area contributed by atoms with Gasteiger partial charge in [0.15, 0.2) is 0 Å². The van der Waals surface area contributed by atoms with Crippen molar-refractivity contribution in [3.8, 4) is 0 Å². The fourth-order valence-corrected chi connectivity index (χ4v) is 4.13. The van der Waals surface area contributed by atoms with Gasteiger partial charge in [0.1, 0.15) is 0 Å². The lowest BCUT2D eigenvalue weighted by atomic mass is 9.87. The zero-order valence-corrected chi connectivity index (χ0v) is 11.2. The predicted molar refractivity (Wildman–Crippen MR) is 74.3 cm³/mol. The van der Waals surface area contributed by atoms with Gasteiger partial charge in [-0.1, -0.05) is 12.2 Å². The Morgan fingerprint density at radius 3 is 3.00 bits per heavy atom. The Morgan fingerprint density at radius 2 is 2.35 bits per heavy atom. The summed E-state index contributed by atoms with van der Waals surface area (Å²) in [6, 6.07) is 2.91. The van der Waals surface area contributed by atoms with Crippen LogP contribution in [0.1, 0.15) is 25.3 Å². The van der Waals surface area contributed by atoms with E-state index in [0.717, 1.165) is 24.3 Å². The van der Waals surface area contributed by atoms with Crippen molar-refractivity contribution in [1.29, 1.82) is 0 Å². The molecule has 0 saturated heterocycles. The lowest BCUT2D eigenvalue weighted by molar-refractivity contribution is 0.329. The molecule has 1 saturated carbocycles. The molecule has 2 bridgehead atoms. The first-order chi connectivity index (χ1) is 8.33. The molecule has 92 valence electrons. The molecule has 0 radical (unpaired) electrons. The highest BCUT2D eigenvalue weighted by molar-refractivity contribution is 7.07. The molecule has 1 N–H and O–H groups in total. The van der Waals surface area contributed by atoms with Crippen LogP contribution in [0.3, 0.4) is 0 Å². The molecule has 4 unspecified atom stereocenters. The average Bonchev–Trinajstić information content (AvgIpc) is 3.05. The minimum absolute atomic E-state index is 0.675. The first kappa shape index (κ1) is 11.5. The molecule has 1 nitrogen and oxygen atoms in total. The van der Waals surface area contributed by atoms with Crippen molar-refractivity contribution in [1.82, 2.24) is 5.32 Å². The normalized spacial score (nSPS) is 32.2. The molecule has 1 aromatic heterocycles. The van der Waals surface area contributed by atoms with E-state index in [1.54, 1.807) is 11.3 Å². The molecular weight excluding hydrogens is 226 g/mol. The van der Waals surface area contributed by atoms with E-state index in [1.807, 2.05) is 0 Å². The fraction of sp³-hybridized carbons (Fsp3) is 0.600. The summed E-state index contributed by atoms with van der Waals surface area (Å²) in [4.78, 5) is 0. The second-order valence-electron chi connectivity index (χ2n) is 5.57. The first-order valence-corrected chi connectivity index (χ1v) is 7.70. The summed E-state index contributed by atoms with van der Waals surface area (Å²) in [6.45, 7) is 3.49. The van der Waals surface area contributed by atoms with Crippen LogP contribution in [0.25, 0.3) is 0 Å². The molecule has 0 aromatic carbocycles. The second-order valence-corrected chi connectivity index (χ2v) is 6.35. The molecule has 0 aliphatic heterocycles. The van der Waals surface area contributed by atoms with Crippen LogP contribution in [-0.4, -0.2) is 12.6 Å². The summed E-state index contributed by atoms with van der Waals surface area (Å²) in [6.07, 6.45) is 8.88. The van der Waals surface area contributed by atoms with Crippen LogP contribution in [0.4, 0.5) is 0 Å². The van der Waals surface area contributed by atoms with Gasteiger partial charge >= 0.3 is 0 Å². The largest absolute Gasteiger partial charge is 0.314 e. The van der Waals surface area contributed by atoms with Crippen LogP contribution >= 0.6 is 11.3 Å². The Balaban J connectivity index is 1.45. The van der Waals surface area contributed by atoms with E-state index in [4.69, 9.17) is 0 Å². The van der Waals surface area contributed by atoms with Crippen molar-refractivity contribution >= 4 is 11.3 Å². The average molecular weight is 247 g/mol. The number of fused-ring (bicyclic) bond motifs is 2. The maximum atomic E-state index is 3.72. The maximum absolute atomic E-state index is 3.72. The van der Waals surface area contributed by atoms with Crippen molar-refractivity contribution in [2.24, 2.45) is 17.8 Å². The molecule has 1 aromatic rings. The van der Waals surface area contributed by atoms with Crippen molar-refractivity contribution in [3.63, 3.8) is 0 Å². The van der Waals surface area contributed by atoms with Crippen LogP contribution in [0.15, 0.2) is 29.0 Å². The fourth-order valence-electron chi connectivity index (χ4n) is 3.43. The van der Waals surface area contributed by atoms with Gasteiger partial charge in [0.05, 0.1) is 0 Å². The maximum Gasteiger partial charge on any atom is 0.00729 e. The summed E-state index contributed by atoms with van der Waals surface area (Å²) in [5.74, 6) is 2.64. The van der Waals surface area contributed by atoms with E-state index in [1.165, 1.54) is 24.8 Å². The Morgan fingerprint density at radius 1 is 1.41 bits per heavy atom. The highest BCUT2D eigenvalue weighted by Crippen LogP contribution is 2.44. The third kappa shape index (κ3) is 2.48. The van der Waals surface area contributed by atoms with E-state index in [-0.39, 0.29) is 0 Å². The van der Waals surface area contributed by atoms with Crippen molar-refractivity contribution in [2.75, 3.05) is 6.54 Å². The zero-order chi connectivity index (χ0) is 11.7. The lowest BCUT2D eigenvalue weighted by Gasteiger charge is -2.26. The first-order valence-electron chi connectivity index (χ1n) is 6.75. The van der Waals surface area contributed by atoms with Gasteiger partial charge in [0.25, 0.3) is 0 Å². The smallest absolute Gasteiger partial charge is 0.00729 e. The van der Waals surface area contributed by atoms with E-state index >= 15 is 0 Å². The van der Waals surface area contributed by atoms with Gasteiger partial charge in [-0.2, -0.15) is 11.3 Å². The monoisotopic (exact) mass is 247 g/mol. The summed E-state index contributed by atoms with van der Waals surface area (Å²) in [5, 5.41) is 8.14. The summed E-state index contributed by atoms with van der Waals surface area (Å²) in [5.41, 5.74) is 1.47. The molecular formula is C15H21NS. The molecule has 1 fully saturated rings. The van der Waals surface area contributed by atoms with E-state index in [2.05, 4.69) is 41.2 Å². The molecule has 1 heterocycles. The third-order valence-corrected chi connectivity index (χ3v) is 5.16.